The average Bonchev–Trinajstić information content (AvgIpc) is 2.69. The van der Waals surface area contributed by atoms with Gasteiger partial charge >= 0.3 is 0 Å². The molecule has 0 aliphatic carbocycles. The third kappa shape index (κ3) is 5.13. The molecule has 0 unspecified atom stereocenters. The first kappa shape index (κ1) is 19.6. The molecule has 0 saturated carbocycles. The van der Waals surface area contributed by atoms with Gasteiger partial charge in [-0.1, -0.05) is 30.3 Å². The molecule has 0 aliphatic heterocycles. The summed E-state index contributed by atoms with van der Waals surface area (Å²) < 4.78 is 15.9. The Bertz CT molecular complexity index is 694. The summed E-state index contributed by atoms with van der Waals surface area (Å²) in [4.78, 5) is 12.1. The summed E-state index contributed by atoms with van der Waals surface area (Å²) in [6, 6.07) is 13.7. The van der Waals surface area contributed by atoms with Gasteiger partial charge in [0.2, 0.25) is 11.7 Å². The third-order valence-corrected chi connectivity index (χ3v) is 4.08. The standard InChI is InChI=1S/C20H26N2O4/c1-14(16-8-6-5-7-9-16)21-13-19(23)22-12-15-10-17(24-2)20(26-4)18(11-15)25-3/h5-11,14,21H,12-13H2,1-4H3,(H,22,23)/t14-/m0/s1. The van der Waals surface area contributed by atoms with Crippen molar-refractivity contribution in [1.82, 2.24) is 10.6 Å². The fourth-order valence-electron chi connectivity index (χ4n) is 2.61. The van der Waals surface area contributed by atoms with Crippen LogP contribution in [0.3, 0.4) is 0 Å². The van der Waals surface area contributed by atoms with E-state index in [1.54, 1.807) is 21.3 Å². The van der Waals surface area contributed by atoms with Crippen molar-refractivity contribution < 1.29 is 19.0 Å². The van der Waals surface area contributed by atoms with Crippen molar-refractivity contribution in [2.45, 2.75) is 19.5 Å². The van der Waals surface area contributed by atoms with Crippen molar-refractivity contribution in [3.05, 3.63) is 53.6 Å². The second-order valence-corrected chi connectivity index (χ2v) is 5.82. The van der Waals surface area contributed by atoms with Gasteiger partial charge in [-0.2, -0.15) is 0 Å². The van der Waals surface area contributed by atoms with Crippen molar-refractivity contribution in [1.29, 1.82) is 0 Å². The highest BCUT2D eigenvalue weighted by Crippen LogP contribution is 2.38. The lowest BCUT2D eigenvalue weighted by Crippen LogP contribution is -2.34. The van der Waals surface area contributed by atoms with E-state index in [0.717, 1.165) is 11.1 Å². The Labute approximate surface area is 154 Å². The zero-order valence-corrected chi connectivity index (χ0v) is 15.7. The molecule has 0 spiro atoms. The fourth-order valence-corrected chi connectivity index (χ4v) is 2.61. The summed E-state index contributed by atoms with van der Waals surface area (Å²) in [5, 5.41) is 6.11. The van der Waals surface area contributed by atoms with Crippen molar-refractivity contribution in [2.75, 3.05) is 27.9 Å². The van der Waals surface area contributed by atoms with Gasteiger partial charge in [0.25, 0.3) is 0 Å². The fraction of sp³-hybridized carbons (Fsp3) is 0.350. The summed E-state index contributed by atoms with van der Waals surface area (Å²) in [6.45, 7) is 2.64. The number of amides is 1. The first-order valence-electron chi connectivity index (χ1n) is 8.43. The number of ether oxygens (including phenoxy) is 3. The van der Waals surface area contributed by atoms with Crippen LogP contribution >= 0.6 is 0 Å². The largest absolute Gasteiger partial charge is 0.493 e. The number of rotatable bonds is 9. The monoisotopic (exact) mass is 358 g/mol. The molecule has 0 radical (unpaired) electrons. The van der Waals surface area contributed by atoms with Gasteiger partial charge in [0.15, 0.2) is 11.5 Å². The summed E-state index contributed by atoms with van der Waals surface area (Å²) in [5.41, 5.74) is 2.01. The van der Waals surface area contributed by atoms with E-state index in [-0.39, 0.29) is 18.5 Å². The van der Waals surface area contributed by atoms with Crippen LogP contribution in [-0.4, -0.2) is 33.8 Å². The Balaban J connectivity index is 1.91. The number of hydrogen-bond acceptors (Lipinski definition) is 5. The van der Waals surface area contributed by atoms with E-state index < -0.39 is 0 Å². The lowest BCUT2D eigenvalue weighted by atomic mass is 10.1. The maximum absolute atomic E-state index is 12.1. The van der Waals surface area contributed by atoms with Gasteiger partial charge in [0, 0.05) is 12.6 Å². The van der Waals surface area contributed by atoms with Crippen LogP contribution in [0, 0.1) is 0 Å². The minimum Gasteiger partial charge on any atom is -0.493 e. The second-order valence-electron chi connectivity index (χ2n) is 5.82. The van der Waals surface area contributed by atoms with E-state index in [4.69, 9.17) is 14.2 Å². The summed E-state index contributed by atoms with van der Waals surface area (Å²) in [6.07, 6.45) is 0. The molecule has 0 fully saturated rings. The Morgan fingerprint density at radius 2 is 1.62 bits per heavy atom. The molecule has 140 valence electrons. The van der Waals surface area contributed by atoms with Gasteiger partial charge in [-0.3, -0.25) is 4.79 Å². The number of methoxy groups -OCH3 is 3. The van der Waals surface area contributed by atoms with Gasteiger partial charge in [0.1, 0.15) is 0 Å². The summed E-state index contributed by atoms with van der Waals surface area (Å²) in [5.74, 6) is 1.57. The summed E-state index contributed by atoms with van der Waals surface area (Å²) in [7, 11) is 4.69. The molecule has 0 aliphatic rings. The maximum atomic E-state index is 12.1. The molecule has 0 heterocycles. The zero-order chi connectivity index (χ0) is 18.9. The average molecular weight is 358 g/mol. The first-order valence-corrected chi connectivity index (χ1v) is 8.43. The quantitative estimate of drug-likeness (QED) is 0.721. The van der Waals surface area contributed by atoms with Crippen molar-refractivity contribution in [3.63, 3.8) is 0 Å². The van der Waals surface area contributed by atoms with Gasteiger partial charge < -0.3 is 24.8 Å². The molecule has 2 rings (SSSR count). The number of carbonyl (C=O) groups excluding carboxylic acids is 1. The molecule has 26 heavy (non-hydrogen) atoms. The van der Waals surface area contributed by atoms with Gasteiger partial charge in [0.05, 0.1) is 27.9 Å². The van der Waals surface area contributed by atoms with Crippen LogP contribution in [0.1, 0.15) is 24.1 Å². The van der Waals surface area contributed by atoms with Crippen LogP contribution in [0.15, 0.2) is 42.5 Å². The Morgan fingerprint density at radius 1 is 1.00 bits per heavy atom. The van der Waals surface area contributed by atoms with Crippen molar-refractivity contribution in [3.8, 4) is 17.2 Å². The van der Waals surface area contributed by atoms with E-state index in [1.807, 2.05) is 49.4 Å². The smallest absolute Gasteiger partial charge is 0.234 e. The molecule has 1 atom stereocenters. The number of carbonyl (C=O) groups is 1. The van der Waals surface area contributed by atoms with Gasteiger partial charge in [-0.05, 0) is 30.2 Å². The number of nitrogens with one attached hydrogen (secondary N) is 2. The topological polar surface area (TPSA) is 68.8 Å². The van der Waals surface area contributed by atoms with E-state index in [1.165, 1.54) is 0 Å². The van der Waals surface area contributed by atoms with Crippen molar-refractivity contribution >= 4 is 5.91 Å². The maximum Gasteiger partial charge on any atom is 0.234 e. The molecule has 2 N–H and O–H groups in total. The molecular formula is C20H26N2O4. The number of benzene rings is 2. The molecule has 0 saturated heterocycles. The number of hydrogen-bond donors (Lipinski definition) is 2. The Kier molecular flexibility index (Phi) is 7.29. The van der Waals surface area contributed by atoms with E-state index in [0.29, 0.717) is 23.8 Å². The predicted molar refractivity (Wildman–Crippen MR) is 101 cm³/mol. The molecule has 1 amide bonds. The summed E-state index contributed by atoms with van der Waals surface area (Å²) >= 11 is 0. The van der Waals surface area contributed by atoms with Crippen LogP contribution in [0.25, 0.3) is 0 Å². The highest BCUT2D eigenvalue weighted by atomic mass is 16.5. The molecule has 6 nitrogen and oxygen atoms in total. The normalized spacial score (nSPS) is 11.5. The molecule has 2 aromatic carbocycles. The highest BCUT2D eigenvalue weighted by molar-refractivity contribution is 5.78. The Hall–Kier alpha value is -2.73. The van der Waals surface area contributed by atoms with Crippen molar-refractivity contribution in [2.24, 2.45) is 0 Å². The predicted octanol–water partition coefficient (Wildman–Crippen LogP) is 2.68. The minimum absolute atomic E-state index is 0.0819. The van der Waals surface area contributed by atoms with Crippen LogP contribution in [-0.2, 0) is 11.3 Å². The van der Waals surface area contributed by atoms with Crippen LogP contribution in [0.4, 0.5) is 0 Å². The molecule has 0 bridgehead atoms. The molecule has 0 aromatic heterocycles. The lowest BCUT2D eigenvalue weighted by Gasteiger charge is -2.16. The minimum atomic E-state index is -0.0819. The third-order valence-electron chi connectivity index (χ3n) is 4.08. The molecule has 6 heteroatoms. The Morgan fingerprint density at radius 3 is 2.15 bits per heavy atom. The van der Waals surface area contributed by atoms with Crippen LogP contribution in [0.5, 0.6) is 17.2 Å². The van der Waals surface area contributed by atoms with Gasteiger partial charge in [-0.15, -0.1) is 0 Å². The molecular weight excluding hydrogens is 332 g/mol. The first-order chi connectivity index (χ1) is 12.6. The van der Waals surface area contributed by atoms with E-state index in [9.17, 15) is 4.79 Å². The molecule has 2 aromatic rings. The van der Waals surface area contributed by atoms with E-state index >= 15 is 0 Å². The van der Waals surface area contributed by atoms with E-state index in [2.05, 4.69) is 10.6 Å². The van der Waals surface area contributed by atoms with Crippen LogP contribution in [0.2, 0.25) is 0 Å². The second kappa shape index (κ2) is 9.68. The van der Waals surface area contributed by atoms with Gasteiger partial charge in [-0.25, -0.2) is 0 Å². The SMILES string of the molecule is COc1cc(CNC(=O)CN[C@@H](C)c2ccccc2)cc(OC)c1OC. The highest BCUT2D eigenvalue weighted by Gasteiger charge is 2.14. The lowest BCUT2D eigenvalue weighted by molar-refractivity contribution is -0.120. The zero-order valence-electron chi connectivity index (χ0n) is 15.7. The van der Waals surface area contributed by atoms with Crippen LogP contribution < -0.4 is 24.8 Å².